The molecule has 0 amide bonds. The minimum atomic E-state index is -0.815. The quantitative estimate of drug-likeness (QED) is 0.0262. The summed E-state index contributed by atoms with van der Waals surface area (Å²) in [6.45, 7) is 6.45. The van der Waals surface area contributed by atoms with E-state index in [1.807, 2.05) is 6.08 Å². The highest BCUT2D eigenvalue weighted by molar-refractivity contribution is 5.71. The van der Waals surface area contributed by atoms with Crippen molar-refractivity contribution in [2.24, 2.45) is 0 Å². The molecular weight excluding hydrogens is 865 g/mol. The van der Waals surface area contributed by atoms with E-state index in [1.165, 1.54) is 135 Å². The van der Waals surface area contributed by atoms with Gasteiger partial charge in [0.15, 0.2) is 6.10 Å². The Morgan fingerprint density at radius 1 is 0.300 bits per heavy atom. The lowest BCUT2D eigenvalue weighted by Gasteiger charge is -2.18. The zero-order valence-corrected chi connectivity index (χ0v) is 45.8. The summed E-state index contributed by atoms with van der Waals surface area (Å²) in [5.74, 6) is -1.00. The van der Waals surface area contributed by atoms with E-state index in [1.54, 1.807) is 0 Å². The number of carbonyl (C=O) groups is 3. The van der Waals surface area contributed by atoms with Gasteiger partial charge in [-0.3, -0.25) is 14.4 Å². The number of rotatable bonds is 52. The van der Waals surface area contributed by atoms with Crippen molar-refractivity contribution in [3.05, 3.63) is 97.2 Å². The van der Waals surface area contributed by atoms with Gasteiger partial charge in [0, 0.05) is 19.3 Å². The average Bonchev–Trinajstić information content (AvgIpc) is 3.36. The van der Waals surface area contributed by atoms with Crippen LogP contribution >= 0.6 is 0 Å². The van der Waals surface area contributed by atoms with Gasteiger partial charge in [-0.1, -0.05) is 240 Å². The average molecular weight is 974 g/mol. The van der Waals surface area contributed by atoms with Crippen LogP contribution in [0.2, 0.25) is 0 Å². The highest BCUT2D eigenvalue weighted by Gasteiger charge is 2.19. The maximum atomic E-state index is 12.9. The SMILES string of the molecule is CC/C=C\C/C=C\C/C=C\C/C=C\C/C=C\C/C=C\CCC(=O)OC[C@@H](COC(=O)CCCCCCC/C=C\CCCCCCC)OC(=O)CCCCCCCCC/C=C\CCCCCCCCCC. The second kappa shape index (κ2) is 57.9. The number of hydrogen-bond acceptors (Lipinski definition) is 6. The molecule has 0 saturated carbocycles. The highest BCUT2D eigenvalue weighted by Crippen LogP contribution is 2.14. The van der Waals surface area contributed by atoms with Crippen LogP contribution in [0.25, 0.3) is 0 Å². The van der Waals surface area contributed by atoms with Gasteiger partial charge in [-0.2, -0.15) is 0 Å². The summed E-state index contributed by atoms with van der Waals surface area (Å²) in [6, 6.07) is 0. The van der Waals surface area contributed by atoms with E-state index >= 15 is 0 Å². The van der Waals surface area contributed by atoms with Crippen molar-refractivity contribution >= 4 is 17.9 Å². The van der Waals surface area contributed by atoms with Gasteiger partial charge in [-0.25, -0.2) is 0 Å². The predicted molar refractivity (Wildman–Crippen MR) is 302 cm³/mol. The summed E-state index contributed by atoms with van der Waals surface area (Å²) in [6.07, 6.45) is 77.0. The lowest BCUT2D eigenvalue weighted by atomic mass is 10.1. The monoisotopic (exact) mass is 973 g/mol. The molecule has 0 aromatic carbocycles. The summed E-state index contributed by atoms with van der Waals surface area (Å²) in [7, 11) is 0. The van der Waals surface area contributed by atoms with Crippen molar-refractivity contribution in [3.8, 4) is 0 Å². The maximum absolute atomic E-state index is 12.9. The van der Waals surface area contributed by atoms with E-state index < -0.39 is 6.10 Å². The van der Waals surface area contributed by atoms with Crippen LogP contribution in [0.3, 0.4) is 0 Å². The highest BCUT2D eigenvalue weighted by atomic mass is 16.6. The Kier molecular flexibility index (Phi) is 54.9. The standard InChI is InChI=1S/C64H108O6/c1-4-7-10-13-16-19-22-25-28-30-32-34-36-39-42-45-48-51-54-57-63(66)69-60-61(59-68-62(65)56-53-50-47-44-41-38-27-24-21-18-15-12-9-6-3)70-64(67)58-55-52-49-46-43-40-37-35-33-31-29-26-23-20-17-14-11-8-5-2/h7,10,16,19,24-25,27-28,31-34,39,42,48,51,61H,4-6,8-9,11-15,17-18,20-23,26,29-30,35-38,40-41,43-47,49-50,52-60H2,1-3H3/b10-7-,19-16-,27-24-,28-25-,33-31-,34-32-,42-39-,51-48-/t61-/m1/s1. The molecule has 70 heavy (non-hydrogen) atoms. The first kappa shape index (κ1) is 66.3. The summed E-state index contributed by atoms with van der Waals surface area (Å²) in [5, 5.41) is 0. The molecular formula is C64H108O6. The Morgan fingerprint density at radius 3 is 0.957 bits per heavy atom. The van der Waals surface area contributed by atoms with Crippen molar-refractivity contribution in [2.75, 3.05) is 13.2 Å². The van der Waals surface area contributed by atoms with Crippen molar-refractivity contribution in [1.29, 1.82) is 0 Å². The summed E-state index contributed by atoms with van der Waals surface area (Å²) < 4.78 is 16.8. The first-order chi connectivity index (χ1) is 34.5. The topological polar surface area (TPSA) is 78.9 Å². The van der Waals surface area contributed by atoms with Crippen molar-refractivity contribution in [2.45, 2.75) is 277 Å². The Labute approximate surface area is 432 Å². The molecule has 0 rings (SSSR count). The minimum Gasteiger partial charge on any atom is -0.462 e. The molecule has 0 N–H and O–H groups in total. The van der Waals surface area contributed by atoms with E-state index in [-0.39, 0.29) is 37.5 Å². The number of allylic oxidation sites excluding steroid dienone is 16. The molecule has 0 aromatic heterocycles. The third kappa shape index (κ3) is 55.3. The fraction of sp³-hybridized carbons (Fsp3) is 0.703. The molecule has 0 unspecified atom stereocenters. The van der Waals surface area contributed by atoms with E-state index in [4.69, 9.17) is 14.2 Å². The molecule has 0 radical (unpaired) electrons. The van der Waals surface area contributed by atoms with Crippen LogP contribution in [0.4, 0.5) is 0 Å². The summed E-state index contributed by atoms with van der Waals surface area (Å²) in [4.78, 5) is 38.1. The number of hydrogen-bond donors (Lipinski definition) is 0. The van der Waals surface area contributed by atoms with E-state index in [0.717, 1.165) is 89.9 Å². The van der Waals surface area contributed by atoms with Crippen LogP contribution < -0.4 is 0 Å². The van der Waals surface area contributed by atoms with Gasteiger partial charge in [0.05, 0.1) is 0 Å². The molecule has 400 valence electrons. The number of esters is 3. The second-order valence-corrected chi connectivity index (χ2v) is 19.2. The largest absolute Gasteiger partial charge is 0.462 e. The van der Waals surface area contributed by atoms with Gasteiger partial charge >= 0.3 is 17.9 Å². The maximum Gasteiger partial charge on any atom is 0.306 e. The molecule has 6 heteroatoms. The fourth-order valence-corrected chi connectivity index (χ4v) is 7.93. The molecule has 0 aliphatic heterocycles. The molecule has 1 atom stereocenters. The third-order valence-electron chi connectivity index (χ3n) is 12.3. The first-order valence-electron chi connectivity index (χ1n) is 29.2. The van der Waals surface area contributed by atoms with Gasteiger partial charge in [-0.15, -0.1) is 0 Å². The summed E-state index contributed by atoms with van der Waals surface area (Å²) >= 11 is 0. The number of carbonyl (C=O) groups excluding carboxylic acids is 3. The lowest BCUT2D eigenvalue weighted by Crippen LogP contribution is -2.30. The smallest absolute Gasteiger partial charge is 0.306 e. The Morgan fingerprint density at radius 2 is 0.586 bits per heavy atom. The van der Waals surface area contributed by atoms with Gasteiger partial charge < -0.3 is 14.2 Å². The molecule has 0 spiro atoms. The Bertz CT molecular complexity index is 1400. The molecule has 0 saturated heterocycles. The predicted octanol–water partition coefficient (Wildman–Crippen LogP) is 19.7. The number of unbranched alkanes of at least 4 members (excludes halogenated alkanes) is 25. The van der Waals surface area contributed by atoms with Crippen LogP contribution in [0.5, 0.6) is 0 Å². The minimum absolute atomic E-state index is 0.107. The molecule has 0 heterocycles. The van der Waals surface area contributed by atoms with Crippen LogP contribution in [0.15, 0.2) is 97.2 Å². The first-order valence-corrected chi connectivity index (χ1v) is 29.2. The molecule has 6 nitrogen and oxygen atoms in total. The Balaban J connectivity index is 4.50. The van der Waals surface area contributed by atoms with Crippen LogP contribution in [0.1, 0.15) is 271 Å². The zero-order valence-electron chi connectivity index (χ0n) is 45.8. The molecule has 0 aliphatic rings. The van der Waals surface area contributed by atoms with E-state index in [0.29, 0.717) is 19.3 Å². The molecule has 0 fully saturated rings. The lowest BCUT2D eigenvalue weighted by molar-refractivity contribution is -0.166. The van der Waals surface area contributed by atoms with Gasteiger partial charge in [-0.05, 0) is 109 Å². The normalized spacial score (nSPS) is 12.8. The Hall–Kier alpha value is -3.67. The van der Waals surface area contributed by atoms with Crippen LogP contribution in [-0.2, 0) is 28.6 Å². The van der Waals surface area contributed by atoms with Crippen molar-refractivity contribution < 1.29 is 28.6 Å². The van der Waals surface area contributed by atoms with Crippen molar-refractivity contribution in [3.63, 3.8) is 0 Å². The van der Waals surface area contributed by atoms with Gasteiger partial charge in [0.1, 0.15) is 13.2 Å². The number of ether oxygens (including phenoxy) is 3. The fourth-order valence-electron chi connectivity index (χ4n) is 7.93. The van der Waals surface area contributed by atoms with Crippen molar-refractivity contribution in [1.82, 2.24) is 0 Å². The van der Waals surface area contributed by atoms with Crippen LogP contribution in [-0.4, -0.2) is 37.2 Å². The molecule has 0 bridgehead atoms. The molecule has 0 aromatic rings. The second-order valence-electron chi connectivity index (χ2n) is 19.2. The van der Waals surface area contributed by atoms with E-state index in [2.05, 4.69) is 112 Å². The molecule has 0 aliphatic carbocycles. The summed E-state index contributed by atoms with van der Waals surface area (Å²) in [5.41, 5.74) is 0. The van der Waals surface area contributed by atoms with E-state index in [9.17, 15) is 14.4 Å². The third-order valence-corrected chi connectivity index (χ3v) is 12.3. The van der Waals surface area contributed by atoms with Gasteiger partial charge in [0.25, 0.3) is 0 Å². The van der Waals surface area contributed by atoms with Crippen LogP contribution in [0, 0.1) is 0 Å². The zero-order chi connectivity index (χ0) is 50.7. The van der Waals surface area contributed by atoms with Gasteiger partial charge in [0.2, 0.25) is 0 Å².